The van der Waals surface area contributed by atoms with Crippen molar-refractivity contribution in [3.63, 3.8) is 0 Å². The first-order chi connectivity index (χ1) is 14.1. The molecule has 1 saturated heterocycles. The summed E-state index contributed by atoms with van der Waals surface area (Å²) in [6.07, 6.45) is 6.19. The van der Waals surface area contributed by atoms with E-state index in [2.05, 4.69) is 48.4 Å². The number of aromatic nitrogens is 2. The van der Waals surface area contributed by atoms with Crippen LogP contribution in [0.15, 0.2) is 36.5 Å². The number of likely N-dealkylation sites (tertiary alicyclic amines) is 1. The number of fused-ring (bicyclic) bond motifs is 1. The normalized spacial score (nSPS) is 19.0. The predicted octanol–water partition coefficient (Wildman–Crippen LogP) is 3.75. The van der Waals surface area contributed by atoms with Crippen molar-refractivity contribution in [2.75, 3.05) is 26.2 Å². The van der Waals surface area contributed by atoms with Crippen LogP contribution in [0.2, 0.25) is 0 Å². The van der Waals surface area contributed by atoms with Crippen molar-refractivity contribution in [1.82, 2.24) is 19.8 Å². The largest absolute Gasteiger partial charge is 0.343 e. The molecule has 2 aliphatic rings. The van der Waals surface area contributed by atoms with Crippen molar-refractivity contribution in [3.8, 4) is 0 Å². The molecule has 0 N–H and O–H groups in total. The van der Waals surface area contributed by atoms with E-state index in [1.165, 1.54) is 23.2 Å². The zero-order chi connectivity index (χ0) is 20.2. The summed E-state index contributed by atoms with van der Waals surface area (Å²) in [6, 6.07) is 10.8. The molecule has 0 radical (unpaired) electrons. The van der Waals surface area contributed by atoms with E-state index in [1.54, 1.807) is 6.92 Å². The average Bonchev–Trinajstić information content (AvgIpc) is 2.77. The fourth-order valence-electron chi connectivity index (χ4n) is 4.55. The van der Waals surface area contributed by atoms with Gasteiger partial charge in [-0.25, -0.2) is 9.97 Å². The Kier molecular flexibility index (Phi) is 6.24. The third-order valence-corrected chi connectivity index (χ3v) is 6.58. The maximum Gasteiger partial charge on any atom is 0.219 e. The van der Waals surface area contributed by atoms with Gasteiger partial charge in [0.2, 0.25) is 5.91 Å². The molecule has 2 aliphatic heterocycles. The molecular formula is C24H32N4O. The molecule has 1 aromatic carbocycles. The summed E-state index contributed by atoms with van der Waals surface area (Å²) in [4.78, 5) is 25.7. The molecule has 3 heterocycles. The second kappa shape index (κ2) is 9.04. The first-order valence-electron chi connectivity index (χ1n) is 11.0. The summed E-state index contributed by atoms with van der Waals surface area (Å²) in [7, 11) is 0. The van der Waals surface area contributed by atoms with Crippen molar-refractivity contribution in [2.45, 2.75) is 57.9 Å². The Morgan fingerprint density at radius 3 is 2.66 bits per heavy atom. The minimum Gasteiger partial charge on any atom is -0.343 e. The van der Waals surface area contributed by atoms with E-state index in [1.807, 2.05) is 4.90 Å². The van der Waals surface area contributed by atoms with Gasteiger partial charge in [-0.1, -0.05) is 37.3 Å². The quantitative estimate of drug-likeness (QED) is 0.777. The molecule has 1 atom stereocenters. The third kappa shape index (κ3) is 4.84. The number of amides is 1. The van der Waals surface area contributed by atoms with Gasteiger partial charge < -0.3 is 4.90 Å². The Morgan fingerprint density at radius 1 is 1.17 bits per heavy atom. The molecule has 0 bridgehead atoms. The number of nitrogens with zero attached hydrogens (tertiary/aromatic N) is 4. The highest BCUT2D eigenvalue weighted by molar-refractivity contribution is 5.73. The highest BCUT2D eigenvalue weighted by atomic mass is 16.2. The highest BCUT2D eigenvalue weighted by Crippen LogP contribution is 2.27. The van der Waals surface area contributed by atoms with Gasteiger partial charge in [-0.2, -0.15) is 0 Å². The maximum absolute atomic E-state index is 11.5. The molecule has 29 heavy (non-hydrogen) atoms. The first-order valence-corrected chi connectivity index (χ1v) is 11.0. The number of piperidine rings is 1. The molecule has 0 saturated carbocycles. The molecule has 154 valence electrons. The number of hydrogen-bond acceptors (Lipinski definition) is 4. The second-order valence-corrected chi connectivity index (χ2v) is 8.61. The zero-order valence-corrected chi connectivity index (χ0v) is 17.7. The molecule has 5 nitrogen and oxygen atoms in total. The van der Waals surface area contributed by atoms with Crippen molar-refractivity contribution in [1.29, 1.82) is 0 Å². The zero-order valence-electron chi connectivity index (χ0n) is 17.7. The lowest BCUT2D eigenvalue weighted by Crippen LogP contribution is -2.37. The lowest BCUT2D eigenvalue weighted by Gasteiger charge is -2.32. The monoisotopic (exact) mass is 392 g/mol. The van der Waals surface area contributed by atoms with Crippen LogP contribution in [0.1, 0.15) is 67.6 Å². The molecule has 1 aromatic heterocycles. The van der Waals surface area contributed by atoms with Crippen LogP contribution in [0.25, 0.3) is 0 Å². The molecule has 1 unspecified atom stereocenters. The maximum atomic E-state index is 11.5. The smallest absolute Gasteiger partial charge is 0.219 e. The van der Waals surface area contributed by atoms with E-state index in [0.717, 1.165) is 57.8 Å². The van der Waals surface area contributed by atoms with Crippen molar-refractivity contribution >= 4 is 5.91 Å². The van der Waals surface area contributed by atoms with Gasteiger partial charge in [-0.15, -0.1) is 0 Å². The van der Waals surface area contributed by atoms with Gasteiger partial charge in [0, 0.05) is 62.9 Å². The number of hydrogen-bond donors (Lipinski definition) is 0. The lowest BCUT2D eigenvalue weighted by atomic mass is 9.95. The molecule has 5 heteroatoms. The fraction of sp³-hybridized carbons (Fsp3) is 0.542. The number of carbonyl (C=O) groups excluding carboxylic acids is 1. The molecular weight excluding hydrogens is 360 g/mol. The standard InChI is InChI=1S/C24H32N4O/c1-18(20-6-4-3-5-7-20)8-12-27-13-11-23-22(17-27)16-25-24(26-23)21-9-14-28(15-10-21)19(2)29/h3-7,16,18,21H,8-15,17H2,1-2H3. The minimum atomic E-state index is 0.177. The lowest BCUT2D eigenvalue weighted by molar-refractivity contribution is -0.129. The topological polar surface area (TPSA) is 49.3 Å². The second-order valence-electron chi connectivity index (χ2n) is 8.61. The van der Waals surface area contributed by atoms with Crippen LogP contribution in [0, 0.1) is 0 Å². The van der Waals surface area contributed by atoms with Crippen molar-refractivity contribution in [3.05, 3.63) is 59.2 Å². The Bertz CT molecular complexity index is 830. The van der Waals surface area contributed by atoms with Crippen molar-refractivity contribution < 1.29 is 4.79 Å². The average molecular weight is 393 g/mol. The van der Waals surface area contributed by atoms with Gasteiger partial charge in [0.05, 0.1) is 0 Å². The number of rotatable bonds is 5. The van der Waals surface area contributed by atoms with E-state index in [-0.39, 0.29) is 5.91 Å². The summed E-state index contributed by atoms with van der Waals surface area (Å²) in [5, 5.41) is 0. The van der Waals surface area contributed by atoms with E-state index < -0.39 is 0 Å². The Morgan fingerprint density at radius 2 is 1.93 bits per heavy atom. The predicted molar refractivity (Wildman–Crippen MR) is 115 cm³/mol. The summed E-state index contributed by atoms with van der Waals surface area (Å²) in [5.74, 6) is 2.13. The Balaban J connectivity index is 1.32. The van der Waals surface area contributed by atoms with Crippen LogP contribution in [-0.4, -0.2) is 51.9 Å². The van der Waals surface area contributed by atoms with E-state index in [9.17, 15) is 4.79 Å². The van der Waals surface area contributed by atoms with Gasteiger partial charge in [-0.3, -0.25) is 9.69 Å². The van der Waals surface area contributed by atoms with Gasteiger partial charge in [0.1, 0.15) is 5.82 Å². The van der Waals surface area contributed by atoms with Crippen LogP contribution >= 0.6 is 0 Å². The summed E-state index contributed by atoms with van der Waals surface area (Å²) in [6.45, 7) is 8.78. The third-order valence-electron chi connectivity index (χ3n) is 6.58. The van der Waals surface area contributed by atoms with Gasteiger partial charge >= 0.3 is 0 Å². The van der Waals surface area contributed by atoms with Gasteiger partial charge in [0.25, 0.3) is 0 Å². The molecule has 0 spiro atoms. The highest BCUT2D eigenvalue weighted by Gasteiger charge is 2.26. The van der Waals surface area contributed by atoms with E-state index in [0.29, 0.717) is 11.8 Å². The number of benzene rings is 1. The van der Waals surface area contributed by atoms with Crippen LogP contribution in [-0.2, 0) is 17.8 Å². The molecule has 4 rings (SSSR count). The first kappa shape index (κ1) is 20.0. The summed E-state index contributed by atoms with van der Waals surface area (Å²) >= 11 is 0. The van der Waals surface area contributed by atoms with E-state index >= 15 is 0 Å². The van der Waals surface area contributed by atoms with Crippen LogP contribution in [0.5, 0.6) is 0 Å². The minimum absolute atomic E-state index is 0.177. The Labute approximate surface area is 174 Å². The molecule has 2 aromatic rings. The van der Waals surface area contributed by atoms with Crippen LogP contribution in [0.3, 0.4) is 0 Å². The van der Waals surface area contributed by atoms with Crippen LogP contribution < -0.4 is 0 Å². The summed E-state index contributed by atoms with van der Waals surface area (Å²) in [5.41, 5.74) is 3.94. The SMILES string of the molecule is CC(=O)N1CCC(c2ncc3c(n2)CCN(CCC(C)c2ccccc2)C3)CC1. The Hall–Kier alpha value is -2.27. The summed E-state index contributed by atoms with van der Waals surface area (Å²) < 4.78 is 0. The van der Waals surface area contributed by atoms with Gasteiger partial charge in [-0.05, 0) is 37.3 Å². The van der Waals surface area contributed by atoms with E-state index in [4.69, 9.17) is 9.97 Å². The van der Waals surface area contributed by atoms with Crippen LogP contribution in [0.4, 0.5) is 0 Å². The number of carbonyl (C=O) groups is 1. The van der Waals surface area contributed by atoms with Crippen molar-refractivity contribution in [2.24, 2.45) is 0 Å². The molecule has 1 amide bonds. The fourth-order valence-corrected chi connectivity index (χ4v) is 4.55. The van der Waals surface area contributed by atoms with Gasteiger partial charge in [0.15, 0.2) is 0 Å². The molecule has 0 aliphatic carbocycles. The molecule has 1 fully saturated rings.